The maximum atomic E-state index is 10.8. The molecule has 0 aliphatic rings. The van der Waals surface area contributed by atoms with Gasteiger partial charge in [-0.3, -0.25) is 4.55 Å². The van der Waals surface area contributed by atoms with E-state index in [0.717, 1.165) is 6.08 Å². The Hall–Kier alpha value is -1.47. The molecule has 0 fully saturated rings. The van der Waals surface area contributed by atoms with Gasteiger partial charge >= 0.3 is 11.9 Å². The van der Waals surface area contributed by atoms with Crippen LogP contribution in [0.1, 0.15) is 0 Å². The van der Waals surface area contributed by atoms with Crippen molar-refractivity contribution in [2.75, 3.05) is 5.75 Å². The number of carbonyl (C=O) groups is 2. The number of rotatable bonds is 4. The molecule has 0 atom stereocenters. The Bertz CT molecular complexity index is 377. The molecule has 0 saturated carbocycles. The zero-order valence-corrected chi connectivity index (χ0v) is 7.91. The molecule has 0 saturated heterocycles. The largest absolute Gasteiger partial charge is 0.386 e. The number of hydrogen-bond donors (Lipinski definition) is 1. The maximum Gasteiger partial charge on any atom is 0.342 e. The van der Waals surface area contributed by atoms with E-state index in [1.165, 1.54) is 0 Å². The fourth-order valence-corrected chi connectivity index (χ4v) is 1.04. The Balaban J connectivity index is 4.36. The molecular formula is C7H8O6S. The van der Waals surface area contributed by atoms with Crippen molar-refractivity contribution in [2.24, 2.45) is 0 Å². The van der Waals surface area contributed by atoms with Crippen molar-refractivity contribution < 1.29 is 27.3 Å². The second kappa shape index (κ2) is 4.68. The van der Waals surface area contributed by atoms with Crippen molar-refractivity contribution in [3.05, 3.63) is 24.8 Å². The van der Waals surface area contributed by atoms with Gasteiger partial charge in [-0.2, -0.15) is 8.42 Å². The average Bonchev–Trinajstić information content (AvgIpc) is 2.00. The van der Waals surface area contributed by atoms with E-state index in [4.69, 9.17) is 4.55 Å². The summed E-state index contributed by atoms with van der Waals surface area (Å²) in [7, 11) is -4.35. The van der Waals surface area contributed by atoms with Gasteiger partial charge in [-0.05, 0) is 0 Å². The van der Waals surface area contributed by atoms with E-state index < -0.39 is 33.4 Å². The predicted octanol–water partition coefficient (Wildman–Crippen LogP) is -0.314. The molecule has 0 spiro atoms. The molecule has 1 N–H and O–H groups in total. The molecular weight excluding hydrogens is 212 g/mol. The molecule has 0 unspecified atom stereocenters. The molecule has 0 aliphatic carbocycles. The summed E-state index contributed by atoms with van der Waals surface area (Å²) in [5.41, 5.74) is -0.539. The fourth-order valence-electron chi connectivity index (χ4n) is 0.484. The van der Waals surface area contributed by atoms with E-state index in [0.29, 0.717) is 0 Å². The second-order valence-corrected chi connectivity index (χ2v) is 3.69. The highest BCUT2D eigenvalue weighted by atomic mass is 32.2. The summed E-state index contributed by atoms with van der Waals surface area (Å²) < 4.78 is 32.9. The molecule has 0 aliphatic heterocycles. The van der Waals surface area contributed by atoms with Crippen molar-refractivity contribution >= 4 is 22.1 Å². The second-order valence-electron chi connectivity index (χ2n) is 2.24. The van der Waals surface area contributed by atoms with Crippen LogP contribution in [0.2, 0.25) is 0 Å². The Labute approximate surface area is 80.6 Å². The van der Waals surface area contributed by atoms with E-state index in [2.05, 4.69) is 17.9 Å². The van der Waals surface area contributed by atoms with Gasteiger partial charge in [0.05, 0.1) is 0 Å². The molecule has 0 bridgehead atoms. The standard InChI is InChI=1S/C7H8O6S/c1-3-6(8)13-7(9)5(2)4-14(10,11)12/h3H,1-2,4H2,(H,10,11,12). The van der Waals surface area contributed by atoms with Crippen LogP contribution in [0.3, 0.4) is 0 Å². The first-order chi connectivity index (χ1) is 6.26. The van der Waals surface area contributed by atoms with E-state index in [1.807, 2.05) is 0 Å². The summed E-state index contributed by atoms with van der Waals surface area (Å²) in [6.45, 7) is 6.05. The minimum atomic E-state index is -4.35. The van der Waals surface area contributed by atoms with Crippen molar-refractivity contribution in [2.45, 2.75) is 0 Å². The normalized spacial score (nSPS) is 10.4. The van der Waals surface area contributed by atoms with Crippen molar-refractivity contribution in [3.63, 3.8) is 0 Å². The van der Waals surface area contributed by atoms with Gasteiger partial charge in [0.25, 0.3) is 10.1 Å². The third kappa shape index (κ3) is 5.22. The first kappa shape index (κ1) is 12.5. The highest BCUT2D eigenvalue weighted by Gasteiger charge is 2.17. The van der Waals surface area contributed by atoms with Crippen LogP contribution in [-0.4, -0.2) is 30.7 Å². The van der Waals surface area contributed by atoms with E-state index in [1.54, 1.807) is 0 Å². The molecule has 0 amide bonds. The predicted molar refractivity (Wildman–Crippen MR) is 46.9 cm³/mol. The molecule has 0 heterocycles. The molecule has 6 nitrogen and oxygen atoms in total. The van der Waals surface area contributed by atoms with Crippen LogP contribution in [0.4, 0.5) is 0 Å². The van der Waals surface area contributed by atoms with Crippen molar-refractivity contribution in [1.82, 2.24) is 0 Å². The van der Waals surface area contributed by atoms with E-state index in [9.17, 15) is 18.0 Å². The number of hydrogen-bond acceptors (Lipinski definition) is 5. The molecule has 7 heteroatoms. The van der Waals surface area contributed by atoms with Crippen molar-refractivity contribution in [1.29, 1.82) is 0 Å². The molecule has 0 rings (SSSR count). The molecule has 0 aromatic heterocycles. The minimum Gasteiger partial charge on any atom is -0.386 e. The Kier molecular flexibility index (Phi) is 4.19. The topological polar surface area (TPSA) is 97.7 Å². The van der Waals surface area contributed by atoms with Gasteiger partial charge in [0, 0.05) is 11.6 Å². The van der Waals surface area contributed by atoms with Gasteiger partial charge in [0.2, 0.25) is 0 Å². The summed E-state index contributed by atoms with van der Waals surface area (Å²) >= 11 is 0. The highest BCUT2D eigenvalue weighted by molar-refractivity contribution is 7.86. The summed E-state index contributed by atoms with van der Waals surface area (Å²) in [5.74, 6) is -3.21. The molecule has 14 heavy (non-hydrogen) atoms. The quantitative estimate of drug-likeness (QED) is 0.302. The third-order valence-corrected chi connectivity index (χ3v) is 1.72. The monoisotopic (exact) mass is 220 g/mol. The highest BCUT2D eigenvalue weighted by Crippen LogP contribution is 1.99. The van der Waals surface area contributed by atoms with Crippen LogP contribution in [0.25, 0.3) is 0 Å². The zero-order valence-electron chi connectivity index (χ0n) is 7.10. The fraction of sp³-hybridized carbons (Fsp3) is 0.143. The van der Waals surface area contributed by atoms with Gasteiger partial charge in [0.1, 0.15) is 5.75 Å². The first-order valence-electron chi connectivity index (χ1n) is 3.28. The molecule has 0 aromatic carbocycles. The van der Waals surface area contributed by atoms with E-state index >= 15 is 0 Å². The van der Waals surface area contributed by atoms with Gasteiger partial charge in [-0.1, -0.05) is 13.2 Å². The molecule has 78 valence electrons. The third-order valence-electron chi connectivity index (χ3n) is 1.01. The summed E-state index contributed by atoms with van der Waals surface area (Å²) in [6.07, 6.45) is 0.735. The Morgan fingerprint density at radius 2 is 1.93 bits per heavy atom. The summed E-state index contributed by atoms with van der Waals surface area (Å²) in [5, 5.41) is 0. The lowest BCUT2D eigenvalue weighted by molar-refractivity contribution is -0.153. The SMILES string of the molecule is C=CC(=O)OC(=O)C(=C)CS(=O)(=O)O. The lowest BCUT2D eigenvalue weighted by Crippen LogP contribution is -2.17. The molecule has 0 aromatic rings. The molecule has 0 radical (unpaired) electrons. The van der Waals surface area contributed by atoms with Crippen LogP contribution in [0.5, 0.6) is 0 Å². The first-order valence-corrected chi connectivity index (χ1v) is 4.88. The van der Waals surface area contributed by atoms with Crippen LogP contribution >= 0.6 is 0 Å². The van der Waals surface area contributed by atoms with Gasteiger partial charge in [-0.25, -0.2) is 9.59 Å². The average molecular weight is 220 g/mol. The zero-order chi connectivity index (χ0) is 11.4. The maximum absolute atomic E-state index is 10.8. The van der Waals surface area contributed by atoms with Crippen LogP contribution in [0, 0.1) is 0 Å². The number of carbonyl (C=O) groups excluding carboxylic acids is 2. The van der Waals surface area contributed by atoms with Crippen LogP contribution in [0.15, 0.2) is 24.8 Å². The Morgan fingerprint density at radius 3 is 2.29 bits per heavy atom. The summed E-state index contributed by atoms with van der Waals surface area (Å²) in [4.78, 5) is 21.3. The van der Waals surface area contributed by atoms with Crippen LogP contribution in [-0.2, 0) is 24.4 Å². The summed E-state index contributed by atoms with van der Waals surface area (Å²) in [6, 6.07) is 0. The number of ether oxygens (including phenoxy) is 1. The van der Waals surface area contributed by atoms with Crippen LogP contribution < -0.4 is 0 Å². The van der Waals surface area contributed by atoms with Gasteiger partial charge in [0.15, 0.2) is 0 Å². The minimum absolute atomic E-state index is 0.539. The van der Waals surface area contributed by atoms with Gasteiger partial charge < -0.3 is 4.74 Å². The smallest absolute Gasteiger partial charge is 0.342 e. The van der Waals surface area contributed by atoms with Gasteiger partial charge in [-0.15, -0.1) is 0 Å². The lowest BCUT2D eigenvalue weighted by Gasteiger charge is -2.01. The van der Waals surface area contributed by atoms with E-state index in [-0.39, 0.29) is 0 Å². The van der Waals surface area contributed by atoms with Crippen molar-refractivity contribution in [3.8, 4) is 0 Å². The number of esters is 2. The lowest BCUT2D eigenvalue weighted by atomic mass is 10.4. The Morgan fingerprint density at radius 1 is 1.43 bits per heavy atom.